The first-order chi connectivity index (χ1) is 12.4. The van der Waals surface area contributed by atoms with Crippen molar-refractivity contribution in [1.29, 1.82) is 0 Å². The van der Waals surface area contributed by atoms with Crippen molar-refractivity contribution in [2.45, 2.75) is 40.2 Å². The van der Waals surface area contributed by atoms with E-state index in [4.69, 9.17) is 16.6 Å². The van der Waals surface area contributed by atoms with Gasteiger partial charge in [-0.25, -0.2) is 0 Å². The molecular formula is C20H36ClN5. The van der Waals surface area contributed by atoms with Gasteiger partial charge in [0.1, 0.15) is 0 Å². The Morgan fingerprint density at radius 2 is 2.23 bits per heavy atom. The van der Waals surface area contributed by atoms with Crippen molar-refractivity contribution in [3.63, 3.8) is 0 Å². The van der Waals surface area contributed by atoms with Crippen LogP contribution < -0.4 is 5.32 Å². The Bertz CT molecular complexity index is 581. The van der Waals surface area contributed by atoms with E-state index >= 15 is 0 Å². The summed E-state index contributed by atoms with van der Waals surface area (Å²) in [6, 6.07) is 2.02. The fourth-order valence-corrected chi connectivity index (χ4v) is 3.98. The van der Waals surface area contributed by atoms with Gasteiger partial charge in [-0.05, 0) is 44.2 Å². The Labute approximate surface area is 164 Å². The molecule has 2 heterocycles. The van der Waals surface area contributed by atoms with Crippen LogP contribution in [0, 0.1) is 11.8 Å². The first-order valence-corrected chi connectivity index (χ1v) is 10.3. The van der Waals surface area contributed by atoms with E-state index in [0.29, 0.717) is 5.92 Å². The highest BCUT2D eigenvalue weighted by Gasteiger charge is 2.20. The van der Waals surface area contributed by atoms with Crippen molar-refractivity contribution >= 4 is 17.6 Å². The van der Waals surface area contributed by atoms with E-state index < -0.39 is 0 Å². The summed E-state index contributed by atoms with van der Waals surface area (Å²) in [5.41, 5.74) is 1.18. The summed E-state index contributed by atoms with van der Waals surface area (Å²) in [5, 5.41) is 4.21. The minimum Gasteiger partial charge on any atom is -0.357 e. The molecule has 1 aliphatic rings. The van der Waals surface area contributed by atoms with Crippen molar-refractivity contribution in [2.75, 3.05) is 39.8 Å². The lowest BCUT2D eigenvalue weighted by Crippen LogP contribution is -2.41. The van der Waals surface area contributed by atoms with Crippen LogP contribution >= 0.6 is 11.6 Å². The summed E-state index contributed by atoms with van der Waals surface area (Å²) >= 11 is 6.11. The van der Waals surface area contributed by atoms with Crippen molar-refractivity contribution in [1.82, 2.24) is 19.7 Å². The molecule has 0 radical (unpaired) electrons. The third kappa shape index (κ3) is 6.51. The number of aromatic nitrogens is 1. The van der Waals surface area contributed by atoms with E-state index in [0.717, 1.165) is 36.5 Å². The second-order valence-corrected chi connectivity index (χ2v) is 8.41. The molecule has 26 heavy (non-hydrogen) atoms. The Morgan fingerprint density at radius 3 is 2.85 bits per heavy atom. The monoisotopic (exact) mass is 381 g/mol. The minimum atomic E-state index is 0.661. The number of guanidine groups is 1. The molecule has 2 rings (SSSR count). The molecule has 1 aromatic heterocycles. The number of hydrogen-bond acceptors (Lipinski definition) is 2. The maximum atomic E-state index is 6.11. The molecule has 0 saturated carbocycles. The predicted octanol–water partition coefficient (Wildman–Crippen LogP) is 3.44. The summed E-state index contributed by atoms with van der Waals surface area (Å²) in [5.74, 6) is 2.37. The maximum absolute atomic E-state index is 6.11. The average molecular weight is 382 g/mol. The molecule has 0 aromatic carbocycles. The van der Waals surface area contributed by atoms with E-state index in [1.165, 1.54) is 38.2 Å². The van der Waals surface area contributed by atoms with E-state index in [2.05, 4.69) is 47.5 Å². The number of piperidine rings is 1. The van der Waals surface area contributed by atoms with Crippen LogP contribution in [0.1, 0.15) is 39.3 Å². The summed E-state index contributed by atoms with van der Waals surface area (Å²) in [6.45, 7) is 12.9. The molecule has 0 spiro atoms. The van der Waals surface area contributed by atoms with Crippen molar-refractivity contribution in [2.24, 2.45) is 23.9 Å². The van der Waals surface area contributed by atoms with Gasteiger partial charge in [-0.2, -0.15) is 0 Å². The van der Waals surface area contributed by atoms with Gasteiger partial charge in [0.25, 0.3) is 0 Å². The Kier molecular flexibility index (Phi) is 8.29. The highest BCUT2D eigenvalue weighted by molar-refractivity contribution is 6.30. The minimum absolute atomic E-state index is 0.661. The summed E-state index contributed by atoms with van der Waals surface area (Å²) in [7, 11) is 4.12. The molecule has 0 bridgehead atoms. The molecule has 0 amide bonds. The van der Waals surface area contributed by atoms with E-state index in [1.54, 1.807) is 0 Å². The van der Waals surface area contributed by atoms with Gasteiger partial charge in [0.05, 0.1) is 11.6 Å². The van der Waals surface area contributed by atoms with E-state index in [9.17, 15) is 0 Å². The highest BCUT2D eigenvalue weighted by Crippen LogP contribution is 2.18. The molecule has 1 N–H and O–H groups in total. The third-order valence-electron chi connectivity index (χ3n) is 4.90. The molecule has 1 aliphatic heterocycles. The van der Waals surface area contributed by atoms with Crippen LogP contribution in [0.3, 0.4) is 0 Å². The first-order valence-electron chi connectivity index (χ1n) is 9.91. The van der Waals surface area contributed by atoms with Gasteiger partial charge in [0.15, 0.2) is 5.96 Å². The van der Waals surface area contributed by atoms with Crippen LogP contribution in [0.4, 0.5) is 0 Å². The van der Waals surface area contributed by atoms with E-state index in [-0.39, 0.29) is 0 Å². The largest absolute Gasteiger partial charge is 0.357 e. The SMILES string of the molecule is CCNC(=NCC1CCCN(CC(C)C)C1)N(C)Cc1cc(Cl)cn1C. The van der Waals surface area contributed by atoms with Gasteiger partial charge >= 0.3 is 0 Å². The van der Waals surface area contributed by atoms with Crippen LogP contribution in [0.5, 0.6) is 0 Å². The fraction of sp³-hybridized carbons (Fsp3) is 0.750. The molecule has 6 heteroatoms. The number of nitrogens with one attached hydrogen (secondary N) is 1. The lowest BCUT2D eigenvalue weighted by molar-refractivity contribution is 0.162. The zero-order chi connectivity index (χ0) is 19.1. The molecule has 0 aliphatic carbocycles. The molecule has 148 valence electrons. The molecule has 1 aromatic rings. The van der Waals surface area contributed by atoms with Gasteiger partial charge in [-0.15, -0.1) is 0 Å². The topological polar surface area (TPSA) is 35.8 Å². The molecule has 1 unspecified atom stereocenters. The van der Waals surface area contributed by atoms with Gasteiger partial charge in [-0.1, -0.05) is 25.4 Å². The standard InChI is InChI=1S/C20H36ClN5/c1-6-22-20(25(5)15-19-10-18(21)14-24(19)4)23-11-17-8-7-9-26(13-17)12-16(2)3/h10,14,16-17H,6-9,11-13,15H2,1-5H3,(H,22,23). The summed E-state index contributed by atoms with van der Waals surface area (Å²) in [6.07, 6.45) is 4.52. The number of aliphatic imine (C=N–C) groups is 1. The summed E-state index contributed by atoms with van der Waals surface area (Å²) in [4.78, 5) is 9.74. The second-order valence-electron chi connectivity index (χ2n) is 7.97. The number of aryl methyl sites for hydroxylation is 1. The van der Waals surface area contributed by atoms with Crippen LogP contribution in [-0.2, 0) is 13.6 Å². The first kappa shape index (κ1) is 21.1. The van der Waals surface area contributed by atoms with Crippen molar-refractivity contribution in [3.8, 4) is 0 Å². The number of rotatable bonds is 7. The number of likely N-dealkylation sites (tertiary alicyclic amines) is 1. The van der Waals surface area contributed by atoms with Crippen molar-refractivity contribution in [3.05, 3.63) is 23.0 Å². The third-order valence-corrected chi connectivity index (χ3v) is 5.10. The van der Waals surface area contributed by atoms with Gasteiger partial charge < -0.3 is 19.7 Å². The Morgan fingerprint density at radius 1 is 1.46 bits per heavy atom. The van der Waals surface area contributed by atoms with Crippen LogP contribution in [0.25, 0.3) is 0 Å². The second kappa shape index (κ2) is 10.2. The predicted molar refractivity (Wildman–Crippen MR) is 112 cm³/mol. The fourth-order valence-electron chi connectivity index (χ4n) is 3.71. The molecule has 1 atom stereocenters. The Hall–Kier alpha value is -1.20. The van der Waals surface area contributed by atoms with Gasteiger partial charge in [-0.3, -0.25) is 4.99 Å². The average Bonchev–Trinajstić information content (AvgIpc) is 2.88. The molecular weight excluding hydrogens is 346 g/mol. The van der Waals surface area contributed by atoms with Crippen LogP contribution in [-0.4, -0.2) is 60.1 Å². The lowest BCUT2D eigenvalue weighted by Gasteiger charge is -2.33. The smallest absolute Gasteiger partial charge is 0.194 e. The number of halogens is 1. The zero-order valence-electron chi connectivity index (χ0n) is 17.1. The zero-order valence-corrected chi connectivity index (χ0v) is 17.9. The van der Waals surface area contributed by atoms with Crippen LogP contribution in [0.15, 0.2) is 17.3 Å². The van der Waals surface area contributed by atoms with Gasteiger partial charge in [0, 0.05) is 52.2 Å². The quantitative estimate of drug-likeness (QED) is 0.580. The van der Waals surface area contributed by atoms with E-state index in [1.807, 2.05) is 19.3 Å². The molecule has 1 saturated heterocycles. The number of nitrogens with zero attached hydrogens (tertiary/aromatic N) is 4. The Balaban J connectivity index is 1.95. The summed E-state index contributed by atoms with van der Waals surface area (Å²) < 4.78 is 2.08. The molecule has 1 fully saturated rings. The lowest BCUT2D eigenvalue weighted by atomic mass is 9.97. The maximum Gasteiger partial charge on any atom is 0.194 e. The highest BCUT2D eigenvalue weighted by atomic mass is 35.5. The number of hydrogen-bond donors (Lipinski definition) is 1. The molecule has 5 nitrogen and oxygen atoms in total. The normalized spacial score (nSPS) is 19.2. The van der Waals surface area contributed by atoms with Gasteiger partial charge in [0.2, 0.25) is 0 Å². The van der Waals surface area contributed by atoms with Crippen molar-refractivity contribution < 1.29 is 0 Å². The van der Waals surface area contributed by atoms with Crippen LogP contribution in [0.2, 0.25) is 5.02 Å².